The first-order valence-corrected chi connectivity index (χ1v) is 7.06. The Hall–Kier alpha value is -1.36. The van der Waals surface area contributed by atoms with Gasteiger partial charge in [-0.05, 0) is 49.2 Å². The molecule has 0 saturated heterocycles. The predicted octanol–water partition coefficient (Wildman–Crippen LogP) is 2.98. The molecule has 0 amide bonds. The number of hydrogen-bond donors (Lipinski definition) is 5. The number of halogens is 1. The van der Waals surface area contributed by atoms with Gasteiger partial charge in [0, 0.05) is 0 Å². The highest BCUT2D eigenvalue weighted by molar-refractivity contribution is 7.42. The Labute approximate surface area is 132 Å². The maximum Gasteiger partial charge on any atom is 0.247 e. The van der Waals surface area contributed by atoms with Crippen LogP contribution in [0.25, 0.3) is 0 Å². The lowest BCUT2D eigenvalue weighted by Crippen LogP contribution is -1.78. The second kappa shape index (κ2) is 12.4. The van der Waals surface area contributed by atoms with E-state index >= 15 is 0 Å². The minimum Gasteiger partial charge on any atom is -0.508 e. The van der Waals surface area contributed by atoms with E-state index in [1.165, 1.54) is 0 Å². The number of rotatable bonds is 0. The first-order valence-electron chi connectivity index (χ1n) is 5.75. The van der Waals surface area contributed by atoms with Crippen molar-refractivity contribution in [1.29, 1.82) is 0 Å². The lowest BCUT2D eigenvalue weighted by Gasteiger charge is -1.89. The van der Waals surface area contributed by atoms with Crippen molar-refractivity contribution in [1.82, 2.24) is 0 Å². The van der Waals surface area contributed by atoms with Crippen molar-refractivity contribution in [2.75, 3.05) is 0 Å². The zero-order valence-corrected chi connectivity index (χ0v) is 13.6. The number of aromatic hydroxyl groups is 2. The van der Waals surface area contributed by atoms with E-state index in [0.29, 0.717) is 11.5 Å². The molecule has 118 valence electrons. The van der Waals surface area contributed by atoms with Crippen LogP contribution in [0.3, 0.4) is 0 Å². The lowest BCUT2D eigenvalue weighted by atomic mass is 10.2. The van der Waals surface area contributed by atoms with Crippen LogP contribution in [0, 0.1) is 13.8 Å². The highest BCUT2D eigenvalue weighted by atomic mass is 35.5. The van der Waals surface area contributed by atoms with Gasteiger partial charge >= 0.3 is 0 Å². The number of aryl methyl sites for hydroxylation is 2. The molecule has 0 unspecified atom stereocenters. The topological polar surface area (TPSA) is 107 Å². The minimum atomic E-state index is -2.12. The lowest BCUT2D eigenvalue weighted by molar-refractivity contribution is 0.474. The van der Waals surface area contributed by atoms with Crippen molar-refractivity contribution in [3.63, 3.8) is 0 Å². The van der Waals surface area contributed by atoms with Gasteiger partial charge in [0.2, 0.25) is 8.53 Å². The van der Waals surface area contributed by atoms with Crippen molar-refractivity contribution in [2.45, 2.75) is 13.8 Å². The van der Waals surface area contributed by atoms with E-state index in [4.69, 9.17) is 20.0 Å². The summed E-state index contributed by atoms with van der Waals surface area (Å²) in [6.07, 6.45) is 0. The zero-order chi connectivity index (χ0) is 15.5. The maximum absolute atomic E-state index is 8.81. The average molecular weight is 334 g/mol. The standard InChI is InChI=1S/2C7H8O.ClH.H4NO2P/c2*1-6-3-2-4-7(8)5-6;;1-4(2)3/h2*2-5,8H,1H3;1H;2-3H,1H2. The van der Waals surface area contributed by atoms with Gasteiger partial charge in [-0.2, -0.15) is 0 Å². The summed E-state index contributed by atoms with van der Waals surface area (Å²) in [6.45, 7) is 3.89. The quantitative estimate of drug-likeness (QED) is 0.476. The molecule has 6 N–H and O–H groups in total. The van der Waals surface area contributed by atoms with Crippen LogP contribution in [0.5, 0.6) is 11.5 Å². The van der Waals surface area contributed by atoms with E-state index in [0.717, 1.165) is 11.1 Å². The van der Waals surface area contributed by atoms with Gasteiger partial charge in [-0.1, -0.05) is 24.3 Å². The molecule has 0 fully saturated rings. The highest BCUT2D eigenvalue weighted by Gasteiger charge is 1.83. The fraction of sp³-hybridized carbons (Fsp3) is 0.143. The van der Waals surface area contributed by atoms with Gasteiger partial charge in [-0.15, -0.1) is 12.4 Å². The van der Waals surface area contributed by atoms with Gasteiger partial charge in [0.15, 0.2) is 0 Å². The molecule has 0 spiro atoms. The van der Waals surface area contributed by atoms with Crippen molar-refractivity contribution >= 4 is 20.9 Å². The molecule has 0 heterocycles. The van der Waals surface area contributed by atoms with Crippen molar-refractivity contribution in [3.05, 3.63) is 59.7 Å². The average Bonchev–Trinajstić information content (AvgIpc) is 2.28. The van der Waals surface area contributed by atoms with Gasteiger partial charge in [-0.3, -0.25) is 5.50 Å². The maximum atomic E-state index is 8.81. The molecule has 21 heavy (non-hydrogen) atoms. The van der Waals surface area contributed by atoms with Gasteiger partial charge in [-0.25, -0.2) is 0 Å². The smallest absolute Gasteiger partial charge is 0.247 e. The largest absolute Gasteiger partial charge is 0.508 e. The van der Waals surface area contributed by atoms with Crippen LogP contribution < -0.4 is 5.50 Å². The van der Waals surface area contributed by atoms with Crippen molar-refractivity contribution in [2.24, 2.45) is 5.50 Å². The molecule has 0 radical (unpaired) electrons. The number of benzene rings is 2. The third-order valence-corrected chi connectivity index (χ3v) is 2.00. The molecular weight excluding hydrogens is 313 g/mol. The van der Waals surface area contributed by atoms with Crippen LogP contribution in [0.2, 0.25) is 0 Å². The monoisotopic (exact) mass is 333 g/mol. The Morgan fingerprint density at radius 2 is 1.10 bits per heavy atom. The molecule has 0 aromatic heterocycles. The molecule has 5 nitrogen and oxygen atoms in total. The highest BCUT2D eigenvalue weighted by Crippen LogP contribution is 2.09. The van der Waals surface area contributed by atoms with Crippen LogP contribution >= 0.6 is 20.9 Å². The predicted molar refractivity (Wildman–Crippen MR) is 88.5 cm³/mol. The van der Waals surface area contributed by atoms with E-state index in [9.17, 15) is 0 Å². The summed E-state index contributed by atoms with van der Waals surface area (Å²) >= 11 is 0. The normalized spacial score (nSPS) is 8.67. The fourth-order valence-corrected chi connectivity index (χ4v) is 1.26. The Bertz CT molecular complexity index is 431. The van der Waals surface area contributed by atoms with Crippen molar-refractivity contribution < 1.29 is 20.0 Å². The molecule has 2 rings (SSSR count). The second-order valence-corrected chi connectivity index (χ2v) is 4.64. The Morgan fingerprint density at radius 1 is 0.810 bits per heavy atom. The van der Waals surface area contributed by atoms with E-state index in [1.54, 1.807) is 24.3 Å². The molecule has 7 heteroatoms. The first kappa shape index (κ1) is 21.9. The van der Waals surface area contributed by atoms with Gasteiger partial charge < -0.3 is 20.0 Å². The van der Waals surface area contributed by atoms with E-state index in [2.05, 4.69) is 5.50 Å². The van der Waals surface area contributed by atoms with E-state index in [-0.39, 0.29) is 12.4 Å². The van der Waals surface area contributed by atoms with Crippen molar-refractivity contribution in [3.8, 4) is 11.5 Å². The summed E-state index contributed by atoms with van der Waals surface area (Å²) in [5.41, 5.74) is 6.46. The van der Waals surface area contributed by atoms with Crippen LogP contribution in [-0.4, -0.2) is 20.0 Å². The third kappa shape index (κ3) is 14.9. The minimum absolute atomic E-state index is 0. The zero-order valence-electron chi connectivity index (χ0n) is 11.8. The molecule has 0 aliphatic rings. The molecule has 0 atom stereocenters. The fourth-order valence-electron chi connectivity index (χ4n) is 1.26. The molecule has 0 saturated carbocycles. The second-order valence-electron chi connectivity index (χ2n) is 4.00. The van der Waals surface area contributed by atoms with E-state index < -0.39 is 8.53 Å². The summed E-state index contributed by atoms with van der Waals surface area (Å²) in [6, 6.07) is 14.3. The Balaban J connectivity index is 0. The summed E-state index contributed by atoms with van der Waals surface area (Å²) in [4.78, 5) is 14.9. The number of phenols is 2. The molecule has 0 bridgehead atoms. The van der Waals surface area contributed by atoms with Gasteiger partial charge in [0.25, 0.3) is 0 Å². The SMILES string of the molecule is Cc1cccc(O)c1.Cc1cccc(O)c1.Cl.NP(O)O. The third-order valence-electron chi connectivity index (χ3n) is 2.00. The van der Waals surface area contributed by atoms with Crippen LogP contribution in [0.15, 0.2) is 48.5 Å². The Morgan fingerprint density at radius 3 is 1.24 bits per heavy atom. The summed E-state index contributed by atoms with van der Waals surface area (Å²) in [5.74, 6) is 0.676. The van der Waals surface area contributed by atoms with Gasteiger partial charge in [0.05, 0.1) is 0 Å². The number of phenolic OH excluding ortho intramolecular Hbond substituents is 2. The van der Waals surface area contributed by atoms with Gasteiger partial charge in [0.1, 0.15) is 11.5 Å². The van der Waals surface area contributed by atoms with Crippen LogP contribution in [0.1, 0.15) is 11.1 Å². The Kier molecular flexibility index (Phi) is 12.9. The summed E-state index contributed by atoms with van der Waals surface area (Å²) in [5, 5.41) is 17.6. The van der Waals surface area contributed by atoms with E-state index in [1.807, 2.05) is 38.1 Å². The number of hydrogen-bond acceptors (Lipinski definition) is 5. The molecule has 0 aliphatic carbocycles. The molecule has 0 aliphatic heterocycles. The first-order chi connectivity index (χ1) is 9.31. The van der Waals surface area contributed by atoms with Crippen LogP contribution in [-0.2, 0) is 0 Å². The summed E-state index contributed by atoms with van der Waals surface area (Å²) < 4.78 is 0. The summed E-state index contributed by atoms with van der Waals surface area (Å²) in [7, 11) is -2.12. The van der Waals surface area contributed by atoms with Crippen LogP contribution in [0.4, 0.5) is 0 Å². The molecular formula is C14H21ClNO4P. The number of nitrogens with two attached hydrogens (primary N) is 1. The molecule has 2 aromatic carbocycles. The molecule has 2 aromatic rings.